The monoisotopic (exact) mass is 307 g/mol. The molecule has 1 saturated heterocycles. The van der Waals surface area contributed by atoms with Crippen molar-refractivity contribution in [1.82, 2.24) is 19.9 Å². The highest BCUT2D eigenvalue weighted by Crippen LogP contribution is 2.33. The minimum absolute atomic E-state index is 0.0318. The number of fused-ring (bicyclic) bond motifs is 1. The Balaban J connectivity index is 1.77. The van der Waals surface area contributed by atoms with E-state index in [1.165, 1.54) is 0 Å². The number of para-hydroxylation sites is 1. The molecule has 3 heterocycles. The topological polar surface area (TPSA) is 74.8 Å². The Morgan fingerprint density at radius 1 is 1.22 bits per heavy atom. The molecule has 6 heteroatoms. The number of rotatable bonds is 2. The van der Waals surface area contributed by atoms with Gasteiger partial charge in [-0.1, -0.05) is 12.1 Å². The number of H-pyrrole nitrogens is 1. The van der Waals surface area contributed by atoms with E-state index in [0.717, 1.165) is 36.4 Å². The first-order chi connectivity index (χ1) is 11.2. The quantitative estimate of drug-likeness (QED) is 0.786. The van der Waals surface area contributed by atoms with Gasteiger partial charge in [0.05, 0.1) is 35.0 Å². The van der Waals surface area contributed by atoms with E-state index in [-0.39, 0.29) is 11.6 Å². The molecule has 23 heavy (non-hydrogen) atoms. The van der Waals surface area contributed by atoms with E-state index in [2.05, 4.69) is 24.8 Å². The fraction of sp³-hybridized carbons (Fsp3) is 0.294. The SMILES string of the molecule is Cc1cnc(N2CCCC2c2nc3ccccc3c(=O)[nH]2)cn1. The van der Waals surface area contributed by atoms with Gasteiger partial charge in [-0.3, -0.25) is 9.78 Å². The van der Waals surface area contributed by atoms with Crippen LogP contribution in [0.3, 0.4) is 0 Å². The van der Waals surface area contributed by atoms with Crippen LogP contribution in [0.25, 0.3) is 10.9 Å². The van der Waals surface area contributed by atoms with Crippen molar-refractivity contribution in [3.8, 4) is 0 Å². The highest BCUT2D eigenvalue weighted by Gasteiger charge is 2.29. The molecule has 0 bridgehead atoms. The second kappa shape index (κ2) is 5.46. The van der Waals surface area contributed by atoms with Gasteiger partial charge in [0.2, 0.25) is 0 Å². The van der Waals surface area contributed by atoms with Crippen molar-refractivity contribution in [2.45, 2.75) is 25.8 Å². The van der Waals surface area contributed by atoms with E-state index in [9.17, 15) is 4.79 Å². The fourth-order valence-electron chi connectivity index (χ4n) is 3.12. The maximum Gasteiger partial charge on any atom is 0.258 e. The van der Waals surface area contributed by atoms with Crippen LogP contribution in [0.2, 0.25) is 0 Å². The van der Waals surface area contributed by atoms with Crippen molar-refractivity contribution in [3.63, 3.8) is 0 Å². The molecule has 0 amide bonds. The van der Waals surface area contributed by atoms with E-state index >= 15 is 0 Å². The van der Waals surface area contributed by atoms with Crippen LogP contribution in [0, 0.1) is 6.92 Å². The molecule has 3 aromatic rings. The Hall–Kier alpha value is -2.76. The summed E-state index contributed by atoms with van der Waals surface area (Å²) >= 11 is 0. The Labute approximate surface area is 133 Å². The van der Waals surface area contributed by atoms with Crippen LogP contribution < -0.4 is 10.5 Å². The van der Waals surface area contributed by atoms with Crippen LogP contribution in [0.1, 0.15) is 30.4 Å². The predicted octanol–water partition coefficient (Wildman–Crippen LogP) is 2.36. The molecule has 1 fully saturated rings. The number of benzene rings is 1. The third-order valence-corrected chi connectivity index (χ3v) is 4.26. The number of hydrogen-bond acceptors (Lipinski definition) is 5. The van der Waals surface area contributed by atoms with E-state index in [0.29, 0.717) is 11.2 Å². The smallest absolute Gasteiger partial charge is 0.258 e. The molecule has 0 saturated carbocycles. The second-order valence-corrected chi connectivity index (χ2v) is 5.84. The molecule has 0 aliphatic carbocycles. The highest BCUT2D eigenvalue weighted by atomic mass is 16.1. The van der Waals surface area contributed by atoms with Gasteiger partial charge in [-0.05, 0) is 31.9 Å². The molecule has 1 N–H and O–H groups in total. The molecule has 1 aliphatic rings. The Kier molecular flexibility index (Phi) is 3.29. The van der Waals surface area contributed by atoms with Crippen molar-refractivity contribution in [2.24, 2.45) is 0 Å². The van der Waals surface area contributed by atoms with E-state index in [4.69, 9.17) is 0 Å². The van der Waals surface area contributed by atoms with Gasteiger partial charge in [0.15, 0.2) is 0 Å². The van der Waals surface area contributed by atoms with E-state index in [1.54, 1.807) is 18.5 Å². The summed E-state index contributed by atoms with van der Waals surface area (Å²) in [6.45, 7) is 2.81. The minimum Gasteiger partial charge on any atom is -0.345 e. The number of hydrogen-bond donors (Lipinski definition) is 1. The lowest BCUT2D eigenvalue weighted by molar-refractivity contribution is 0.660. The van der Waals surface area contributed by atoms with Crippen LogP contribution in [-0.2, 0) is 0 Å². The second-order valence-electron chi connectivity index (χ2n) is 5.84. The number of aromatic nitrogens is 4. The maximum absolute atomic E-state index is 12.3. The molecular formula is C17H17N5O. The average molecular weight is 307 g/mol. The summed E-state index contributed by atoms with van der Waals surface area (Å²) in [6, 6.07) is 7.45. The van der Waals surface area contributed by atoms with E-state index in [1.807, 2.05) is 25.1 Å². The van der Waals surface area contributed by atoms with Gasteiger partial charge in [0.1, 0.15) is 11.6 Å². The summed E-state index contributed by atoms with van der Waals surface area (Å²) in [6.07, 6.45) is 5.53. The van der Waals surface area contributed by atoms with Crippen LogP contribution in [0.5, 0.6) is 0 Å². The highest BCUT2D eigenvalue weighted by molar-refractivity contribution is 5.77. The summed E-state index contributed by atoms with van der Waals surface area (Å²) in [7, 11) is 0. The molecule has 1 unspecified atom stereocenters. The van der Waals surface area contributed by atoms with Crippen LogP contribution in [0.15, 0.2) is 41.5 Å². The number of anilines is 1. The van der Waals surface area contributed by atoms with Crippen LogP contribution in [-0.4, -0.2) is 26.5 Å². The molecule has 116 valence electrons. The van der Waals surface area contributed by atoms with Crippen molar-refractivity contribution in [3.05, 3.63) is 58.5 Å². The molecule has 1 aliphatic heterocycles. The lowest BCUT2D eigenvalue weighted by Gasteiger charge is -2.24. The third-order valence-electron chi connectivity index (χ3n) is 4.26. The molecule has 0 spiro atoms. The maximum atomic E-state index is 12.3. The van der Waals surface area contributed by atoms with Crippen molar-refractivity contribution in [1.29, 1.82) is 0 Å². The zero-order valence-corrected chi connectivity index (χ0v) is 12.9. The number of nitrogens with zero attached hydrogens (tertiary/aromatic N) is 4. The van der Waals surface area contributed by atoms with Gasteiger partial charge >= 0.3 is 0 Å². The van der Waals surface area contributed by atoms with Crippen molar-refractivity contribution in [2.75, 3.05) is 11.4 Å². The average Bonchev–Trinajstić information content (AvgIpc) is 3.05. The first-order valence-electron chi connectivity index (χ1n) is 7.76. The van der Waals surface area contributed by atoms with Crippen LogP contribution >= 0.6 is 0 Å². The van der Waals surface area contributed by atoms with E-state index < -0.39 is 0 Å². The number of nitrogens with one attached hydrogen (secondary N) is 1. The number of aromatic amines is 1. The van der Waals surface area contributed by atoms with Gasteiger partial charge in [-0.25, -0.2) is 9.97 Å². The van der Waals surface area contributed by atoms with Crippen molar-refractivity contribution >= 4 is 16.7 Å². The molecule has 1 aromatic carbocycles. The summed E-state index contributed by atoms with van der Waals surface area (Å²) in [5.74, 6) is 1.53. The molecular weight excluding hydrogens is 290 g/mol. The zero-order valence-electron chi connectivity index (χ0n) is 12.9. The van der Waals surface area contributed by atoms with Crippen molar-refractivity contribution < 1.29 is 0 Å². The molecule has 4 rings (SSSR count). The summed E-state index contributed by atoms with van der Waals surface area (Å²) in [4.78, 5) is 30.9. The van der Waals surface area contributed by atoms with Crippen LogP contribution in [0.4, 0.5) is 5.82 Å². The Bertz CT molecular complexity index is 903. The largest absolute Gasteiger partial charge is 0.345 e. The first kappa shape index (κ1) is 13.9. The predicted molar refractivity (Wildman–Crippen MR) is 88.5 cm³/mol. The standard InChI is InChI=1S/C17H17N5O/c1-11-9-19-15(10-18-11)22-8-4-7-14(22)16-20-13-6-3-2-5-12(13)17(23)21-16/h2-3,5-6,9-10,14H,4,7-8H2,1H3,(H,20,21,23). The zero-order chi connectivity index (χ0) is 15.8. The van der Waals surface area contributed by atoms with Gasteiger partial charge in [-0.15, -0.1) is 0 Å². The van der Waals surface area contributed by atoms with Gasteiger partial charge < -0.3 is 9.88 Å². The fourth-order valence-corrected chi connectivity index (χ4v) is 3.12. The summed E-state index contributed by atoms with van der Waals surface area (Å²) in [5.41, 5.74) is 1.53. The summed E-state index contributed by atoms with van der Waals surface area (Å²) < 4.78 is 0. The summed E-state index contributed by atoms with van der Waals surface area (Å²) in [5, 5.41) is 0.621. The number of aryl methyl sites for hydroxylation is 1. The van der Waals surface area contributed by atoms with Gasteiger partial charge in [-0.2, -0.15) is 0 Å². The molecule has 6 nitrogen and oxygen atoms in total. The third kappa shape index (κ3) is 2.46. The Morgan fingerprint density at radius 3 is 2.91 bits per heavy atom. The Morgan fingerprint density at radius 2 is 2.09 bits per heavy atom. The molecule has 1 atom stereocenters. The first-order valence-corrected chi connectivity index (χ1v) is 7.76. The minimum atomic E-state index is -0.0903. The van der Waals surface area contributed by atoms with Gasteiger partial charge in [0.25, 0.3) is 5.56 Å². The molecule has 2 aromatic heterocycles. The lowest BCUT2D eigenvalue weighted by Crippen LogP contribution is -2.27. The van der Waals surface area contributed by atoms with Gasteiger partial charge in [0, 0.05) is 6.54 Å². The molecule has 0 radical (unpaired) electrons. The lowest BCUT2D eigenvalue weighted by atomic mass is 10.2. The normalized spacial score (nSPS) is 17.8.